The molecular weight excluding hydrogens is 389 g/mol. The molecule has 10 heteroatoms. The van der Waals surface area contributed by atoms with Gasteiger partial charge in [0.05, 0.1) is 20.1 Å². The Morgan fingerprint density at radius 3 is 2.34 bits per heavy atom. The highest BCUT2D eigenvalue weighted by molar-refractivity contribution is 5.78. The Hall–Kier alpha value is -3.56. The Morgan fingerprint density at radius 2 is 1.72 bits per heavy atom. The molecule has 0 atom stereocenters. The number of benzene rings is 2. The zero-order chi connectivity index (χ0) is 20.9. The fraction of sp³-hybridized carbons (Fsp3) is 0.211. The number of carbonyl (C=O) groups is 1. The number of amides is 1. The molecule has 0 spiro atoms. The minimum absolute atomic E-state index is 0.00573. The SMILES string of the molecule is COc1ccc(-c2n[nH]c(CNC(=O)Cc3ccc(OC(F)(F)F)cc3)n2)cc1. The predicted octanol–water partition coefficient (Wildman–Crippen LogP) is 3.24. The summed E-state index contributed by atoms with van der Waals surface area (Å²) in [5.74, 6) is 1.02. The first-order chi connectivity index (χ1) is 13.8. The van der Waals surface area contributed by atoms with Crippen molar-refractivity contribution in [2.45, 2.75) is 19.3 Å². The summed E-state index contributed by atoms with van der Waals surface area (Å²) in [6.07, 6.45) is -4.74. The summed E-state index contributed by atoms with van der Waals surface area (Å²) in [7, 11) is 1.58. The van der Waals surface area contributed by atoms with Crippen molar-refractivity contribution in [2.24, 2.45) is 0 Å². The molecule has 1 amide bonds. The third kappa shape index (κ3) is 5.96. The number of aromatic nitrogens is 3. The highest BCUT2D eigenvalue weighted by Gasteiger charge is 2.30. The number of rotatable bonds is 7. The van der Waals surface area contributed by atoms with Crippen LogP contribution in [0.2, 0.25) is 0 Å². The summed E-state index contributed by atoms with van der Waals surface area (Å²) in [6, 6.07) is 12.3. The maximum Gasteiger partial charge on any atom is 0.573 e. The molecule has 0 fully saturated rings. The molecule has 152 valence electrons. The van der Waals surface area contributed by atoms with E-state index in [1.807, 2.05) is 12.1 Å². The van der Waals surface area contributed by atoms with E-state index in [2.05, 4.69) is 25.2 Å². The van der Waals surface area contributed by atoms with Crippen LogP contribution >= 0.6 is 0 Å². The standard InChI is InChI=1S/C19H17F3N4O3/c1-28-14-8-4-13(5-9-14)18-24-16(25-26-18)11-23-17(27)10-12-2-6-15(7-3-12)29-19(20,21)22/h2-9H,10-11H2,1H3,(H,23,27)(H,24,25,26). The number of halogens is 3. The quantitative estimate of drug-likeness (QED) is 0.629. The second kappa shape index (κ2) is 8.63. The van der Waals surface area contributed by atoms with Crippen LogP contribution in [0.5, 0.6) is 11.5 Å². The molecule has 3 aromatic rings. The summed E-state index contributed by atoms with van der Waals surface area (Å²) in [5.41, 5.74) is 1.34. The first-order valence-corrected chi connectivity index (χ1v) is 8.49. The van der Waals surface area contributed by atoms with Gasteiger partial charge in [-0.15, -0.1) is 13.2 Å². The second-order valence-electron chi connectivity index (χ2n) is 5.98. The monoisotopic (exact) mass is 406 g/mol. The number of nitrogens with one attached hydrogen (secondary N) is 2. The van der Waals surface area contributed by atoms with Gasteiger partial charge in [0.25, 0.3) is 0 Å². The van der Waals surface area contributed by atoms with Gasteiger partial charge in [-0.3, -0.25) is 9.89 Å². The van der Waals surface area contributed by atoms with Gasteiger partial charge in [-0.2, -0.15) is 5.10 Å². The Balaban J connectivity index is 1.51. The van der Waals surface area contributed by atoms with Crippen LogP contribution in [-0.2, 0) is 17.8 Å². The van der Waals surface area contributed by atoms with E-state index in [1.54, 1.807) is 19.2 Å². The lowest BCUT2D eigenvalue weighted by atomic mass is 10.1. The lowest BCUT2D eigenvalue weighted by molar-refractivity contribution is -0.274. The van der Waals surface area contributed by atoms with Crippen LogP contribution in [-0.4, -0.2) is 34.6 Å². The molecule has 1 aromatic heterocycles. The van der Waals surface area contributed by atoms with Crippen LogP contribution in [0.4, 0.5) is 13.2 Å². The molecule has 2 aromatic carbocycles. The Morgan fingerprint density at radius 1 is 1.07 bits per heavy atom. The van der Waals surface area contributed by atoms with Crippen LogP contribution in [0.1, 0.15) is 11.4 Å². The summed E-state index contributed by atoms with van der Waals surface area (Å²) in [6.45, 7) is 0.136. The van der Waals surface area contributed by atoms with E-state index in [0.29, 0.717) is 17.2 Å². The van der Waals surface area contributed by atoms with Crippen molar-refractivity contribution >= 4 is 5.91 Å². The zero-order valence-electron chi connectivity index (χ0n) is 15.3. The van der Waals surface area contributed by atoms with E-state index in [-0.39, 0.29) is 24.6 Å². The molecule has 0 saturated carbocycles. The van der Waals surface area contributed by atoms with E-state index < -0.39 is 6.36 Å². The first kappa shape index (κ1) is 20.2. The van der Waals surface area contributed by atoms with Crippen molar-refractivity contribution in [3.8, 4) is 22.9 Å². The third-order valence-electron chi connectivity index (χ3n) is 3.85. The van der Waals surface area contributed by atoms with E-state index >= 15 is 0 Å². The molecule has 2 N–H and O–H groups in total. The number of nitrogens with zero attached hydrogens (tertiary/aromatic N) is 2. The molecule has 29 heavy (non-hydrogen) atoms. The highest BCUT2D eigenvalue weighted by atomic mass is 19.4. The molecule has 0 bridgehead atoms. The van der Waals surface area contributed by atoms with Crippen LogP contribution in [0.15, 0.2) is 48.5 Å². The predicted molar refractivity (Wildman–Crippen MR) is 97.0 cm³/mol. The second-order valence-corrected chi connectivity index (χ2v) is 5.98. The number of alkyl halides is 3. The molecule has 0 unspecified atom stereocenters. The maximum atomic E-state index is 12.2. The van der Waals surface area contributed by atoms with Gasteiger partial charge < -0.3 is 14.8 Å². The molecule has 0 aliphatic rings. The van der Waals surface area contributed by atoms with E-state index in [9.17, 15) is 18.0 Å². The smallest absolute Gasteiger partial charge is 0.497 e. The van der Waals surface area contributed by atoms with E-state index in [1.165, 1.54) is 12.1 Å². The summed E-state index contributed by atoms with van der Waals surface area (Å²) < 4.78 is 45.3. The Bertz CT molecular complexity index is 954. The minimum Gasteiger partial charge on any atom is -0.497 e. The summed E-state index contributed by atoms with van der Waals surface area (Å²) in [5, 5.41) is 9.54. The third-order valence-corrected chi connectivity index (χ3v) is 3.85. The van der Waals surface area contributed by atoms with Crippen molar-refractivity contribution in [1.82, 2.24) is 20.5 Å². The van der Waals surface area contributed by atoms with Crippen molar-refractivity contribution in [1.29, 1.82) is 0 Å². The van der Waals surface area contributed by atoms with Crippen LogP contribution in [0.3, 0.4) is 0 Å². The fourth-order valence-corrected chi connectivity index (χ4v) is 2.48. The normalized spacial score (nSPS) is 11.2. The van der Waals surface area contributed by atoms with Gasteiger partial charge in [-0.1, -0.05) is 12.1 Å². The minimum atomic E-state index is -4.75. The zero-order valence-corrected chi connectivity index (χ0v) is 15.3. The Kier molecular flexibility index (Phi) is 6.01. The van der Waals surface area contributed by atoms with Crippen LogP contribution in [0, 0.1) is 0 Å². The average molecular weight is 406 g/mol. The van der Waals surface area contributed by atoms with E-state index in [0.717, 1.165) is 23.4 Å². The molecular formula is C19H17F3N4O3. The number of hydrogen-bond acceptors (Lipinski definition) is 5. The molecule has 1 heterocycles. The van der Waals surface area contributed by atoms with E-state index in [4.69, 9.17) is 4.74 Å². The lowest BCUT2D eigenvalue weighted by Gasteiger charge is -2.09. The number of carbonyl (C=O) groups excluding carboxylic acids is 1. The number of H-pyrrole nitrogens is 1. The summed E-state index contributed by atoms with van der Waals surface area (Å²) in [4.78, 5) is 16.4. The van der Waals surface area contributed by atoms with Crippen molar-refractivity contribution < 1.29 is 27.4 Å². The van der Waals surface area contributed by atoms with Gasteiger partial charge in [-0.05, 0) is 42.0 Å². The molecule has 0 radical (unpaired) electrons. The van der Waals surface area contributed by atoms with Crippen molar-refractivity contribution in [3.63, 3.8) is 0 Å². The van der Waals surface area contributed by atoms with Crippen LogP contribution in [0.25, 0.3) is 11.4 Å². The van der Waals surface area contributed by atoms with Crippen molar-refractivity contribution in [3.05, 3.63) is 59.9 Å². The van der Waals surface area contributed by atoms with Crippen LogP contribution < -0.4 is 14.8 Å². The molecule has 0 aliphatic carbocycles. The molecule has 0 saturated heterocycles. The number of methoxy groups -OCH3 is 1. The number of aromatic amines is 1. The maximum absolute atomic E-state index is 12.2. The largest absolute Gasteiger partial charge is 0.573 e. The number of ether oxygens (including phenoxy) is 2. The van der Waals surface area contributed by atoms with Gasteiger partial charge in [0.1, 0.15) is 17.3 Å². The average Bonchev–Trinajstić information content (AvgIpc) is 3.16. The summed E-state index contributed by atoms with van der Waals surface area (Å²) >= 11 is 0. The highest BCUT2D eigenvalue weighted by Crippen LogP contribution is 2.23. The Labute approximate surface area is 163 Å². The molecule has 3 rings (SSSR count). The van der Waals surface area contributed by atoms with Gasteiger partial charge in [0, 0.05) is 5.56 Å². The molecule has 0 aliphatic heterocycles. The van der Waals surface area contributed by atoms with Gasteiger partial charge in [0.2, 0.25) is 5.91 Å². The fourth-order valence-electron chi connectivity index (χ4n) is 2.48. The van der Waals surface area contributed by atoms with Gasteiger partial charge in [0.15, 0.2) is 5.82 Å². The topological polar surface area (TPSA) is 89.1 Å². The van der Waals surface area contributed by atoms with Gasteiger partial charge in [-0.25, -0.2) is 4.98 Å². The molecule has 7 nitrogen and oxygen atoms in total. The van der Waals surface area contributed by atoms with Gasteiger partial charge >= 0.3 is 6.36 Å². The lowest BCUT2D eigenvalue weighted by Crippen LogP contribution is -2.25. The van der Waals surface area contributed by atoms with Crippen molar-refractivity contribution in [2.75, 3.05) is 7.11 Å². The first-order valence-electron chi connectivity index (χ1n) is 8.49. The number of hydrogen-bond donors (Lipinski definition) is 2.